The van der Waals surface area contributed by atoms with Crippen molar-refractivity contribution in [3.05, 3.63) is 29.3 Å². The molecule has 0 aliphatic heterocycles. The highest BCUT2D eigenvalue weighted by Gasteiger charge is 2.07. The molecule has 1 aromatic carbocycles. The van der Waals surface area contributed by atoms with Gasteiger partial charge >= 0.3 is 0 Å². The van der Waals surface area contributed by atoms with Gasteiger partial charge in [0, 0.05) is 10.6 Å². The van der Waals surface area contributed by atoms with Gasteiger partial charge in [0.25, 0.3) is 5.22 Å². The Morgan fingerprint density at radius 2 is 2.00 bits per heavy atom. The van der Waals surface area contributed by atoms with Crippen LogP contribution in [-0.4, -0.2) is 16.0 Å². The molecular weight excluding hydrogens is 232 g/mol. The molecule has 0 amide bonds. The first-order valence-corrected chi connectivity index (χ1v) is 5.88. The molecule has 3 nitrogen and oxygen atoms in total. The van der Waals surface area contributed by atoms with Crippen molar-refractivity contribution in [2.75, 3.05) is 5.75 Å². The smallest absolute Gasteiger partial charge is 0.276 e. The van der Waals surface area contributed by atoms with Gasteiger partial charge in [-0.05, 0) is 30.0 Å². The van der Waals surface area contributed by atoms with E-state index in [-0.39, 0.29) is 0 Å². The van der Waals surface area contributed by atoms with Crippen LogP contribution in [0.4, 0.5) is 0 Å². The highest BCUT2D eigenvalue weighted by Crippen LogP contribution is 2.23. The van der Waals surface area contributed by atoms with Crippen LogP contribution in [0.5, 0.6) is 0 Å². The maximum absolute atomic E-state index is 5.78. The fourth-order valence-corrected chi connectivity index (χ4v) is 1.71. The Hall–Kier alpha value is -1.00. The van der Waals surface area contributed by atoms with E-state index in [1.54, 1.807) is 12.1 Å². The summed E-state index contributed by atoms with van der Waals surface area (Å²) in [5.74, 6) is 1.45. The number of nitrogens with zero attached hydrogens (tertiary/aromatic N) is 2. The van der Waals surface area contributed by atoms with E-state index >= 15 is 0 Å². The van der Waals surface area contributed by atoms with Gasteiger partial charge in [-0.3, -0.25) is 0 Å². The molecule has 0 bridgehead atoms. The maximum Gasteiger partial charge on any atom is 0.276 e. The second kappa shape index (κ2) is 4.68. The molecule has 0 radical (unpaired) electrons. The Labute approximate surface area is 96.8 Å². The zero-order valence-corrected chi connectivity index (χ0v) is 9.68. The predicted molar refractivity (Wildman–Crippen MR) is 61.1 cm³/mol. The molecule has 0 saturated carbocycles. The highest BCUT2D eigenvalue weighted by atomic mass is 35.5. The molecule has 15 heavy (non-hydrogen) atoms. The van der Waals surface area contributed by atoms with Crippen LogP contribution >= 0.6 is 23.4 Å². The minimum Gasteiger partial charge on any atom is -0.411 e. The van der Waals surface area contributed by atoms with E-state index in [0.29, 0.717) is 16.1 Å². The maximum atomic E-state index is 5.78. The van der Waals surface area contributed by atoms with E-state index in [9.17, 15) is 0 Å². The minimum absolute atomic E-state index is 0.530. The largest absolute Gasteiger partial charge is 0.411 e. The van der Waals surface area contributed by atoms with Gasteiger partial charge in [-0.1, -0.05) is 30.3 Å². The van der Waals surface area contributed by atoms with Crippen LogP contribution in [0, 0.1) is 0 Å². The summed E-state index contributed by atoms with van der Waals surface area (Å²) in [6.45, 7) is 2.04. The van der Waals surface area contributed by atoms with Gasteiger partial charge in [0.2, 0.25) is 5.89 Å². The molecule has 78 valence electrons. The number of aromatic nitrogens is 2. The van der Waals surface area contributed by atoms with Gasteiger partial charge in [0.1, 0.15) is 0 Å². The van der Waals surface area contributed by atoms with Gasteiger partial charge in [-0.2, -0.15) is 0 Å². The van der Waals surface area contributed by atoms with Gasteiger partial charge in [-0.25, -0.2) is 0 Å². The van der Waals surface area contributed by atoms with Crippen molar-refractivity contribution in [2.24, 2.45) is 0 Å². The Morgan fingerprint density at radius 3 is 2.67 bits per heavy atom. The van der Waals surface area contributed by atoms with Gasteiger partial charge < -0.3 is 4.42 Å². The van der Waals surface area contributed by atoms with Crippen LogP contribution in [0.25, 0.3) is 11.5 Å². The fraction of sp³-hybridized carbons (Fsp3) is 0.200. The average molecular weight is 241 g/mol. The van der Waals surface area contributed by atoms with Crippen LogP contribution in [0.1, 0.15) is 6.92 Å². The standard InChI is InChI=1S/C10H9ClN2OS/c1-2-15-10-13-12-9(14-10)7-3-5-8(11)6-4-7/h3-6H,2H2,1H3. The summed E-state index contributed by atoms with van der Waals surface area (Å²) in [5, 5.41) is 9.17. The number of hydrogen-bond acceptors (Lipinski definition) is 4. The van der Waals surface area contributed by atoms with E-state index in [0.717, 1.165) is 11.3 Å². The van der Waals surface area contributed by atoms with Gasteiger partial charge in [-0.15, -0.1) is 10.2 Å². The van der Waals surface area contributed by atoms with Crippen LogP contribution in [-0.2, 0) is 0 Å². The van der Waals surface area contributed by atoms with E-state index in [1.165, 1.54) is 11.8 Å². The number of benzene rings is 1. The quantitative estimate of drug-likeness (QED) is 0.770. The normalized spacial score (nSPS) is 10.5. The van der Waals surface area contributed by atoms with Crippen LogP contribution in [0.15, 0.2) is 33.9 Å². The van der Waals surface area contributed by atoms with Crippen LogP contribution in [0.2, 0.25) is 5.02 Å². The number of rotatable bonds is 3. The Bertz CT molecular complexity index is 441. The van der Waals surface area contributed by atoms with E-state index < -0.39 is 0 Å². The van der Waals surface area contributed by atoms with E-state index in [4.69, 9.17) is 16.0 Å². The second-order valence-corrected chi connectivity index (χ2v) is 4.46. The molecule has 0 N–H and O–H groups in total. The molecule has 1 heterocycles. The molecule has 0 aliphatic rings. The molecule has 2 aromatic rings. The van der Waals surface area contributed by atoms with E-state index in [1.807, 2.05) is 19.1 Å². The topological polar surface area (TPSA) is 38.9 Å². The first kappa shape index (κ1) is 10.5. The molecule has 5 heteroatoms. The van der Waals surface area contributed by atoms with Crippen LogP contribution in [0.3, 0.4) is 0 Å². The summed E-state index contributed by atoms with van der Waals surface area (Å²) in [7, 11) is 0. The zero-order chi connectivity index (χ0) is 10.7. The Morgan fingerprint density at radius 1 is 1.27 bits per heavy atom. The van der Waals surface area contributed by atoms with Crippen molar-refractivity contribution in [1.82, 2.24) is 10.2 Å². The summed E-state index contributed by atoms with van der Waals surface area (Å²) in [6, 6.07) is 7.31. The number of hydrogen-bond donors (Lipinski definition) is 0. The fourth-order valence-electron chi connectivity index (χ4n) is 1.10. The zero-order valence-electron chi connectivity index (χ0n) is 8.11. The lowest BCUT2D eigenvalue weighted by molar-refractivity contribution is 0.466. The molecule has 0 unspecified atom stereocenters. The van der Waals surface area contributed by atoms with Crippen LogP contribution < -0.4 is 0 Å². The summed E-state index contributed by atoms with van der Waals surface area (Å²) in [5.41, 5.74) is 0.884. The molecule has 0 aliphatic carbocycles. The molecule has 0 atom stereocenters. The highest BCUT2D eigenvalue weighted by molar-refractivity contribution is 7.99. The van der Waals surface area contributed by atoms with Gasteiger partial charge in [0.15, 0.2) is 0 Å². The lowest BCUT2D eigenvalue weighted by Gasteiger charge is -1.93. The third-order valence-electron chi connectivity index (χ3n) is 1.77. The monoisotopic (exact) mass is 240 g/mol. The second-order valence-electron chi connectivity index (χ2n) is 2.81. The average Bonchev–Trinajstić information content (AvgIpc) is 2.68. The lowest BCUT2D eigenvalue weighted by atomic mass is 10.2. The summed E-state index contributed by atoms with van der Waals surface area (Å²) >= 11 is 7.31. The number of thioether (sulfide) groups is 1. The summed E-state index contributed by atoms with van der Waals surface area (Å²) < 4.78 is 5.45. The minimum atomic E-state index is 0.530. The molecule has 0 fully saturated rings. The van der Waals surface area contributed by atoms with Crippen molar-refractivity contribution in [3.8, 4) is 11.5 Å². The van der Waals surface area contributed by atoms with Crippen molar-refractivity contribution >= 4 is 23.4 Å². The van der Waals surface area contributed by atoms with Crippen molar-refractivity contribution in [1.29, 1.82) is 0 Å². The molecule has 1 aromatic heterocycles. The molecular formula is C10H9ClN2OS. The third kappa shape index (κ3) is 2.52. The van der Waals surface area contributed by atoms with Crippen molar-refractivity contribution in [2.45, 2.75) is 12.1 Å². The van der Waals surface area contributed by atoms with E-state index in [2.05, 4.69) is 10.2 Å². The van der Waals surface area contributed by atoms with Gasteiger partial charge in [0.05, 0.1) is 0 Å². The summed E-state index contributed by atoms with van der Waals surface area (Å²) in [6.07, 6.45) is 0. The van der Waals surface area contributed by atoms with Crippen molar-refractivity contribution < 1.29 is 4.42 Å². The Kier molecular flexibility index (Phi) is 3.28. The number of halogens is 1. The summed E-state index contributed by atoms with van der Waals surface area (Å²) in [4.78, 5) is 0. The molecule has 2 rings (SSSR count). The third-order valence-corrected chi connectivity index (χ3v) is 2.72. The first-order chi connectivity index (χ1) is 7.29. The Balaban J connectivity index is 2.25. The first-order valence-electron chi connectivity index (χ1n) is 4.52. The predicted octanol–water partition coefficient (Wildman–Crippen LogP) is 3.50. The van der Waals surface area contributed by atoms with Crippen molar-refractivity contribution in [3.63, 3.8) is 0 Å². The molecule has 0 spiro atoms. The SMILES string of the molecule is CCSc1nnc(-c2ccc(Cl)cc2)o1. The lowest BCUT2D eigenvalue weighted by Crippen LogP contribution is -1.76. The molecule has 0 saturated heterocycles.